The van der Waals surface area contributed by atoms with E-state index in [9.17, 15) is 9.59 Å². The minimum absolute atomic E-state index is 0.193. The molecule has 0 aliphatic heterocycles. The van der Waals surface area contributed by atoms with Gasteiger partial charge in [0.1, 0.15) is 5.56 Å². The molecule has 0 aliphatic carbocycles. The van der Waals surface area contributed by atoms with Crippen LogP contribution in [-0.4, -0.2) is 28.9 Å². The summed E-state index contributed by atoms with van der Waals surface area (Å²) in [5.74, 6) is -0.193. The molecule has 1 aromatic carbocycles. The Kier molecular flexibility index (Phi) is 5.17. The number of hydrogen-bond donors (Lipinski definition) is 1. The molecule has 1 N–H and O–H groups in total. The van der Waals surface area contributed by atoms with Gasteiger partial charge in [0, 0.05) is 28.5 Å². The highest BCUT2D eigenvalue weighted by Gasteiger charge is 2.18. The van der Waals surface area contributed by atoms with Gasteiger partial charge < -0.3 is 9.88 Å². The summed E-state index contributed by atoms with van der Waals surface area (Å²) in [4.78, 5) is 29.3. The van der Waals surface area contributed by atoms with Gasteiger partial charge in [-0.3, -0.25) is 9.59 Å². The Hall–Kier alpha value is -1.62. The second kappa shape index (κ2) is 6.89. The Labute approximate surface area is 132 Å². The summed E-state index contributed by atoms with van der Waals surface area (Å²) in [5, 5.41) is 0.847. The quantitative estimate of drug-likeness (QED) is 0.896. The third-order valence-corrected chi connectivity index (χ3v) is 3.80. The predicted molar refractivity (Wildman–Crippen MR) is 88.8 cm³/mol. The van der Waals surface area contributed by atoms with Crippen molar-refractivity contribution in [2.24, 2.45) is 0 Å². The number of halogens is 1. The van der Waals surface area contributed by atoms with E-state index in [0.29, 0.717) is 13.1 Å². The first kappa shape index (κ1) is 15.8. The zero-order valence-electron chi connectivity index (χ0n) is 12.3. The molecule has 0 saturated carbocycles. The fourth-order valence-corrected chi connectivity index (χ4v) is 2.74. The van der Waals surface area contributed by atoms with Crippen LogP contribution in [0.25, 0.3) is 10.9 Å². The van der Waals surface area contributed by atoms with Crippen molar-refractivity contribution in [2.45, 2.75) is 26.7 Å². The number of nitrogens with zero attached hydrogens (tertiary/aromatic N) is 1. The summed E-state index contributed by atoms with van der Waals surface area (Å²) in [6.45, 7) is 5.39. The van der Waals surface area contributed by atoms with E-state index >= 15 is 0 Å². The molecule has 0 unspecified atom stereocenters. The van der Waals surface area contributed by atoms with Gasteiger partial charge in [-0.05, 0) is 37.1 Å². The highest BCUT2D eigenvalue weighted by Crippen LogP contribution is 2.18. The van der Waals surface area contributed by atoms with E-state index in [-0.39, 0.29) is 17.0 Å². The van der Waals surface area contributed by atoms with Gasteiger partial charge in [-0.1, -0.05) is 29.8 Å². The molecule has 1 heterocycles. The molecule has 0 fully saturated rings. The van der Waals surface area contributed by atoms with Crippen LogP contribution in [-0.2, 0) is 0 Å². The van der Waals surface area contributed by atoms with E-state index in [1.54, 1.807) is 11.0 Å². The van der Waals surface area contributed by atoms with Crippen LogP contribution in [0.5, 0.6) is 0 Å². The number of amides is 1. The number of benzene rings is 1. The lowest BCUT2D eigenvalue weighted by atomic mass is 10.1. The normalized spacial score (nSPS) is 10.8. The lowest BCUT2D eigenvalue weighted by Gasteiger charge is -2.21. The Morgan fingerprint density at radius 1 is 1.19 bits per heavy atom. The molecule has 0 spiro atoms. The monoisotopic (exact) mass is 350 g/mol. The number of carbonyl (C=O) groups is 1. The SMILES string of the molecule is CCCN(CCC)C(=O)c1cc2cc(Br)ccc2[nH]c1=O. The largest absolute Gasteiger partial charge is 0.338 e. The number of fused-ring (bicyclic) bond motifs is 1. The second-order valence-corrected chi connectivity index (χ2v) is 5.95. The summed E-state index contributed by atoms with van der Waals surface area (Å²) in [7, 11) is 0. The van der Waals surface area contributed by atoms with E-state index in [2.05, 4.69) is 20.9 Å². The Balaban J connectivity index is 2.46. The highest BCUT2D eigenvalue weighted by atomic mass is 79.9. The smallest absolute Gasteiger partial charge is 0.261 e. The zero-order chi connectivity index (χ0) is 15.4. The fourth-order valence-electron chi connectivity index (χ4n) is 2.36. The molecule has 112 valence electrons. The van der Waals surface area contributed by atoms with Gasteiger partial charge in [0.05, 0.1) is 0 Å². The van der Waals surface area contributed by atoms with E-state index in [1.165, 1.54) is 0 Å². The van der Waals surface area contributed by atoms with Gasteiger partial charge in [-0.15, -0.1) is 0 Å². The molecule has 1 amide bonds. The van der Waals surface area contributed by atoms with Crippen molar-refractivity contribution in [1.29, 1.82) is 0 Å². The van der Waals surface area contributed by atoms with Crippen molar-refractivity contribution in [3.8, 4) is 0 Å². The van der Waals surface area contributed by atoms with Gasteiger partial charge in [0.15, 0.2) is 0 Å². The molecule has 2 rings (SSSR count). The van der Waals surface area contributed by atoms with Crippen molar-refractivity contribution >= 4 is 32.7 Å². The number of hydrogen-bond acceptors (Lipinski definition) is 2. The average Bonchev–Trinajstić information content (AvgIpc) is 2.46. The van der Waals surface area contributed by atoms with Crippen molar-refractivity contribution < 1.29 is 4.79 Å². The van der Waals surface area contributed by atoms with Crippen LogP contribution in [0.1, 0.15) is 37.0 Å². The van der Waals surface area contributed by atoms with E-state index in [4.69, 9.17) is 0 Å². The predicted octanol–water partition coefficient (Wildman–Crippen LogP) is 3.55. The molecule has 21 heavy (non-hydrogen) atoms. The molecule has 4 nitrogen and oxygen atoms in total. The number of nitrogens with one attached hydrogen (secondary N) is 1. The van der Waals surface area contributed by atoms with Crippen molar-refractivity contribution in [3.63, 3.8) is 0 Å². The lowest BCUT2D eigenvalue weighted by Crippen LogP contribution is -2.35. The van der Waals surface area contributed by atoms with Crippen LogP contribution in [0.2, 0.25) is 0 Å². The molecule has 5 heteroatoms. The van der Waals surface area contributed by atoms with Crippen molar-refractivity contribution in [2.75, 3.05) is 13.1 Å². The molecule has 0 saturated heterocycles. The number of aromatic nitrogens is 1. The molecular formula is C16H19BrN2O2. The molecule has 0 aliphatic rings. The number of carbonyl (C=O) groups excluding carboxylic acids is 1. The minimum Gasteiger partial charge on any atom is -0.338 e. The maximum Gasteiger partial charge on any atom is 0.261 e. The summed E-state index contributed by atoms with van der Waals surface area (Å²) < 4.78 is 0.916. The fraction of sp³-hybridized carbons (Fsp3) is 0.375. The first-order valence-electron chi connectivity index (χ1n) is 7.18. The van der Waals surface area contributed by atoms with Gasteiger partial charge in [-0.2, -0.15) is 0 Å². The standard InChI is InChI=1S/C16H19BrN2O2/c1-3-7-19(8-4-2)16(21)13-10-11-9-12(17)5-6-14(11)18-15(13)20/h5-6,9-10H,3-4,7-8H2,1-2H3,(H,18,20). The van der Waals surface area contributed by atoms with Crippen LogP contribution < -0.4 is 5.56 Å². The third-order valence-electron chi connectivity index (χ3n) is 3.31. The highest BCUT2D eigenvalue weighted by molar-refractivity contribution is 9.10. The Morgan fingerprint density at radius 3 is 2.48 bits per heavy atom. The number of aromatic amines is 1. The van der Waals surface area contributed by atoms with E-state index < -0.39 is 0 Å². The summed E-state index contributed by atoms with van der Waals surface area (Å²) in [6, 6.07) is 7.26. The van der Waals surface area contributed by atoms with Crippen LogP contribution in [0.4, 0.5) is 0 Å². The number of pyridine rings is 1. The van der Waals surface area contributed by atoms with Crippen LogP contribution >= 0.6 is 15.9 Å². The Morgan fingerprint density at radius 2 is 1.86 bits per heavy atom. The molecule has 0 bridgehead atoms. The molecular weight excluding hydrogens is 332 g/mol. The average molecular weight is 351 g/mol. The molecule has 0 atom stereocenters. The zero-order valence-corrected chi connectivity index (χ0v) is 13.9. The van der Waals surface area contributed by atoms with E-state index in [1.807, 2.05) is 32.0 Å². The maximum absolute atomic E-state index is 12.6. The molecule has 1 aromatic heterocycles. The van der Waals surface area contributed by atoms with Crippen molar-refractivity contribution in [1.82, 2.24) is 9.88 Å². The first-order valence-corrected chi connectivity index (χ1v) is 7.98. The maximum atomic E-state index is 12.6. The second-order valence-electron chi connectivity index (χ2n) is 5.04. The van der Waals surface area contributed by atoms with Crippen molar-refractivity contribution in [3.05, 3.63) is 44.7 Å². The van der Waals surface area contributed by atoms with Crippen LogP contribution in [0.15, 0.2) is 33.5 Å². The minimum atomic E-state index is -0.327. The van der Waals surface area contributed by atoms with Gasteiger partial charge >= 0.3 is 0 Å². The third kappa shape index (κ3) is 3.53. The number of rotatable bonds is 5. The number of H-pyrrole nitrogens is 1. The van der Waals surface area contributed by atoms with Crippen LogP contribution in [0.3, 0.4) is 0 Å². The first-order chi connectivity index (χ1) is 10.1. The van der Waals surface area contributed by atoms with Gasteiger partial charge in [0.2, 0.25) is 0 Å². The Bertz CT molecular complexity index is 703. The van der Waals surface area contributed by atoms with Gasteiger partial charge in [-0.25, -0.2) is 0 Å². The van der Waals surface area contributed by atoms with E-state index in [0.717, 1.165) is 28.2 Å². The summed E-state index contributed by atoms with van der Waals surface area (Å²) in [6.07, 6.45) is 1.76. The topological polar surface area (TPSA) is 53.2 Å². The summed E-state index contributed by atoms with van der Waals surface area (Å²) in [5.41, 5.74) is 0.617. The van der Waals surface area contributed by atoms with Gasteiger partial charge in [0.25, 0.3) is 11.5 Å². The molecule has 0 radical (unpaired) electrons. The summed E-state index contributed by atoms with van der Waals surface area (Å²) >= 11 is 3.40. The lowest BCUT2D eigenvalue weighted by molar-refractivity contribution is 0.0754. The van der Waals surface area contributed by atoms with Crippen LogP contribution in [0, 0.1) is 0 Å². The molecule has 2 aromatic rings.